The molecule has 154 valence electrons. The van der Waals surface area contributed by atoms with Gasteiger partial charge in [0, 0.05) is 35.8 Å². The number of sulfone groups is 1. The third kappa shape index (κ3) is 5.23. The second-order valence-electron chi connectivity index (χ2n) is 6.26. The van der Waals surface area contributed by atoms with Gasteiger partial charge in [-0.05, 0) is 35.4 Å². The molecule has 0 aliphatic heterocycles. The Hall–Kier alpha value is -3.66. The molecule has 30 heavy (non-hydrogen) atoms. The summed E-state index contributed by atoms with van der Waals surface area (Å²) in [6.45, 7) is 0. The van der Waals surface area contributed by atoms with Crippen LogP contribution in [0.5, 0.6) is 0 Å². The molecule has 0 spiro atoms. The zero-order valence-electron chi connectivity index (χ0n) is 15.5. The molecule has 0 saturated heterocycles. The highest BCUT2D eigenvalue weighted by Gasteiger charge is 2.19. The normalized spacial score (nSPS) is 11.6. The Labute approximate surface area is 170 Å². The number of anilines is 2. The number of nitrogens with one attached hydrogen (secondary N) is 1. The van der Waals surface area contributed by atoms with Gasteiger partial charge in [0.15, 0.2) is 14.9 Å². The largest absolute Gasteiger partial charge is 0.478 e. The molecular weight excluding hydrogens is 416 g/mol. The van der Waals surface area contributed by atoms with Crippen LogP contribution in [0.1, 0.15) is 5.56 Å². The molecule has 0 fully saturated rings. The SMILES string of the molecule is CS(=O)(=O)c1nc(Nc2cc(F)cc(F)c2)ncc1-c1cccc(C=CC(=O)O)c1. The Morgan fingerprint density at radius 2 is 1.83 bits per heavy atom. The highest BCUT2D eigenvalue weighted by Crippen LogP contribution is 2.28. The molecule has 0 radical (unpaired) electrons. The van der Waals surface area contributed by atoms with E-state index >= 15 is 0 Å². The second kappa shape index (κ2) is 8.37. The molecule has 0 bridgehead atoms. The zero-order valence-corrected chi connectivity index (χ0v) is 16.3. The van der Waals surface area contributed by atoms with E-state index in [9.17, 15) is 22.0 Å². The van der Waals surface area contributed by atoms with Crippen molar-refractivity contribution < 1.29 is 27.1 Å². The van der Waals surface area contributed by atoms with Gasteiger partial charge in [-0.3, -0.25) is 0 Å². The number of hydrogen-bond donors (Lipinski definition) is 2. The lowest BCUT2D eigenvalue weighted by Gasteiger charge is -2.11. The van der Waals surface area contributed by atoms with Crippen molar-refractivity contribution in [1.29, 1.82) is 0 Å². The third-order valence-electron chi connectivity index (χ3n) is 3.84. The highest BCUT2D eigenvalue weighted by atomic mass is 32.2. The average molecular weight is 431 g/mol. The number of hydrogen-bond acceptors (Lipinski definition) is 6. The number of aliphatic carboxylic acids is 1. The van der Waals surface area contributed by atoms with Gasteiger partial charge in [0.25, 0.3) is 0 Å². The first kappa shape index (κ1) is 21.1. The Bertz CT molecular complexity index is 1240. The van der Waals surface area contributed by atoms with Gasteiger partial charge in [0.05, 0.1) is 0 Å². The van der Waals surface area contributed by atoms with E-state index in [1.807, 2.05) is 0 Å². The lowest BCUT2D eigenvalue weighted by Crippen LogP contribution is -2.07. The minimum absolute atomic E-state index is 0.0144. The Balaban J connectivity index is 2.04. The fourth-order valence-electron chi connectivity index (χ4n) is 2.64. The number of aromatic nitrogens is 2. The number of rotatable bonds is 6. The molecule has 3 rings (SSSR count). The quantitative estimate of drug-likeness (QED) is 0.453. The van der Waals surface area contributed by atoms with Crippen LogP contribution in [0.15, 0.2) is 59.8 Å². The van der Waals surface area contributed by atoms with Crippen LogP contribution < -0.4 is 5.32 Å². The van der Waals surface area contributed by atoms with Crippen LogP contribution in [0, 0.1) is 11.6 Å². The smallest absolute Gasteiger partial charge is 0.328 e. The van der Waals surface area contributed by atoms with Crippen LogP contribution in [-0.2, 0) is 14.6 Å². The summed E-state index contributed by atoms with van der Waals surface area (Å²) in [6, 6.07) is 9.21. The van der Waals surface area contributed by atoms with E-state index < -0.39 is 27.4 Å². The molecule has 0 aliphatic rings. The number of carbonyl (C=O) groups is 1. The number of benzene rings is 2. The minimum Gasteiger partial charge on any atom is -0.478 e. The first-order valence-corrected chi connectivity index (χ1v) is 10.3. The van der Waals surface area contributed by atoms with Crippen LogP contribution in [0.4, 0.5) is 20.4 Å². The van der Waals surface area contributed by atoms with E-state index in [0.29, 0.717) is 17.2 Å². The summed E-state index contributed by atoms with van der Waals surface area (Å²) >= 11 is 0. The van der Waals surface area contributed by atoms with Crippen molar-refractivity contribution in [3.05, 3.63) is 71.9 Å². The minimum atomic E-state index is -3.80. The summed E-state index contributed by atoms with van der Waals surface area (Å²) in [5.74, 6) is -2.91. The maximum atomic E-state index is 13.4. The molecule has 0 amide bonds. The fraction of sp³-hybridized carbons (Fsp3) is 0.0500. The van der Waals surface area contributed by atoms with Crippen LogP contribution in [0.25, 0.3) is 17.2 Å². The summed E-state index contributed by atoms with van der Waals surface area (Å²) < 4.78 is 51.4. The fourth-order valence-corrected chi connectivity index (χ4v) is 3.46. The van der Waals surface area contributed by atoms with Gasteiger partial charge in [-0.1, -0.05) is 18.2 Å². The maximum absolute atomic E-state index is 13.4. The average Bonchev–Trinajstić information content (AvgIpc) is 2.65. The van der Waals surface area contributed by atoms with Gasteiger partial charge in [-0.25, -0.2) is 32.0 Å². The van der Waals surface area contributed by atoms with Crippen LogP contribution in [-0.4, -0.2) is 35.7 Å². The standard InChI is InChI=1S/C20H15F2N3O4S/c1-30(28,29)19-17(13-4-2-3-12(7-13)5-6-18(26)27)11-23-20(25-19)24-16-9-14(21)8-15(22)10-16/h2-11H,1H3,(H,26,27)(H,23,24,25). The van der Waals surface area contributed by atoms with E-state index in [-0.39, 0.29) is 22.2 Å². The lowest BCUT2D eigenvalue weighted by atomic mass is 10.1. The maximum Gasteiger partial charge on any atom is 0.328 e. The van der Waals surface area contributed by atoms with E-state index in [2.05, 4.69) is 15.3 Å². The van der Waals surface area contributed by atoms with Gasteiger partial charge >= 0.3 is 5.97 Å². The van der Waals surface area contributed by atoms with Gasteiger partial charge in [-0.2, -0.15) is 0 Å². The molecule has 0 saturated carbocycles. The molecule has 10 heteroatoms. The van der Waals surface area contributed by atoms with Crippen LogP contribution in [0.3, 0.4) is 0 Å². The Morgan fingerprint density at radius 3 is 2.47 bits per heavy atom. The molecule has 2 N–H and O–H groups in total. The topological polar surface area (TPSA) is 109 Å². The number of carboxylic acid groups (broad SMARTS) is 1. The van der Waals surface area contributed by atoms with Crippen LogP contribution in [0.2, 0.25) is 0 Å². The molecule has 0 aliphatic carbocycles. The van der Waals surface area contributed by atoms with Crippen LogP contribution >= 0.6 is 0 Å². The van der Waals surface area contributed by atoms with Crippen molar-refractivity contribution in [2.75, 3.05) is 11.6 Å². The number of halogens is 2. The number of nitrogens with zero attached hydrogens (tertiary/aromatic N) is 2. The van der Waals surface area contributed by atoms with E-state index in [1.165, 1.54) is 12.3 Å². The summed E-state index contributed by atoms with van der Waals surface area (Å²) in [5.41, 5.74) is 1.19. The summed E-state index contributed by atoms with van der Waals surface area (Å²) in [5, 5.41) is 11.0. The van der Waals surface area contributed by atoms with E-state index in [0.717, 1.165) is 24.5 Å². The molecular formula is C20H15F2N3O4S. The molecule has 1 heterocycles. The molecule has 1 aromatic heterocycles. The monoisotopic (exact) mass is 431 g/mol. The first-order chi connectivity index (χ1) is 14.1. The highest BCUT2D eigenvalue weighted by molar-refractivity contribution is 7.90. The van der Waals surface area contributed by atoms with E-state index in [4.69, 9.17) is 5.11 Å². The van der Waals surface area contributed by atoms with Gasteiger partial charge < -0.3 is 10.4 Å². The number of carboxylic acids is 1. The van der Waals surface area contributed by atoms with Crippen molar-refractivity contribution in [3.8, 4) is 11.1 Å². The Morgan fingerprint density at radius 1 is 1.13 bits per heavy atom. The van der Waals surface area contributed by atoms with Crippen molar-refractivity contribution in [1.82, 2.24) is 9.97 Å². The summed E-state index contributed by atoms with van der Waals surface area (Å²) in [4.78, 5) is 18.8. The first-order valence-electron chi connectivity index (χ1n) is 8.43. The summed E-state index contributed by atoms with van der Waals surface area (Å²) in [6.07, 6.45) is 4.56. The van der Waals surface area contributed by atoms with Crippen molar-refractivity contribution in [3.63, 3.8) is 0 Å². The Kier molecular flexibility index (Phi) is 5.88. The molecule has 0 unspecified atom stereocenters. The predicted octanol–water partition coefficient (Wildman–Crippen LogP) is 3.67. The van der Waals surface area contributed by atoms with Gasteiger partial charge in [0.2, 0.25) is 5.95 Å². The zero-order chi connectivity index (χ0) is 21.9. The molecule has 2 aromatic carbocycles. The van der Waals surface area contributed by atoms with Gasteiger partial charge in [-0.15, -0.1) is 0 Å². The van der Waals surface area contributed by atoms with E-state index in [1.54, 1.807) is 24.3 Å². The predicted molar refractivity (Wildman–Crippen MR) is 107 cm³/mol. The van der Waals surface area contributed by atoms with Crippen molar-refractivity contribution in [2.24, 2.45) is 0 Å². The molecule has 7 nitrogen and oxygen atoms in total. The van der Waals surface area contributed by atoms with Crippen molar-refractivity contribution in [2.45, 2.75) is 5.03 Å². The third-order valence-corrected chi connectivity index (χ3v) is 4.85. The lowest BCUT2D eigenvalue weighted by molar-refractivity contribution is -0.131. The molecule has 3 aromatic rings. The van der Waals surface area contributed by atoms with Crippen molar-refractivity contribution >= 4 is 33.5 Å². The van der Waals surface area contributed by atoms with Gasteiger partial charge in [0.1, 0.15) is 11.6 Å². The molecule has 0 atom stereocenters. The summed E-state index contributed by atoms with van der Waals surface area (Å²) in [7, 11) is -3.80. The second-order valence-corrected chi connectivity index (χ2v) is 8.20.